The normalized spacial score (nSPS) is 21.3. The van der Waals surface area contributed by atoms with Gasteiger partial charge in [0.15, 0.2) is 0 Å². The molecule has 0 radical (unpaired) electrons. The van der Waals surface area contributed by atoms with Crippen LogP contribution in [0.1, 0.15) is 48.0 Å². The molecule has 6 heteroatoms. The van der Waals surface area contributed by atoms with E-state index in [2.05, 4.69) is 5.32 Å². The quantitative estimate of drug-likeness (QED) is 0.581. The molecule has 2 atom stereocenters. The van der Waals surface area contributed by atoms with Gasteiger partial charge < -0.3 is 10.2 Å². The second-order valence-corrected chi connectivity index (χ2v) is 8.17. The summed E-state index contributed by atoms with van der Waals surface area (Å²) >= 11 is 0. The lowest BCUT2D eigenvalue weighted by Crippen LogP contribution is -2.44. The summed E-state index contributed by atoms with van der Waals surface area (Å²) in [5.74, 6) is 1.24. The number of fused-ring (bicyclic) bond motifs is 1. The van der Waals surface area contributed by atoms with E-state index in [1.807, 2.05) is 35.2 Å². The molecule has 1 aliphatic heterocycles. The molecule has 1 amide bonds. The fraction of sp³-hybridized carbons (Fsp3) is 0.435. The van der Waals surface area contributed by atoms with Crippen LogP contribution in [0.25, 0.3) is 0 Å². The molecule has 0 aromatic heterocycles. The molecule has 0 spiro atoms. The molecule has 1 heterocycles. The zero-order valence-electron chi connectivity index (χ0n) is 16.5. The standard InChI is InChI=1S/C23H27N3O3/c27-23(25-13-12-18-8-4-5-9-20(18)16-25)19-10-11-21(22(14-19)26(28)29)24-15-17-6-2-1-3-7-17/h1-3,6-7,10-11,14,18,20,24H,4-5,8-9,12-13,15-16H2/t18-,20-/m0/s1. The zero-order chi connectivity index (χ0) is 20.2. The van der Waals surface area contributed by atoms with Crippen molar-refractivity contribution in [2.75, 3.05) is 18.4 Å². The average Bonchev–Trinajstić information content (AvgIpc) is 2.77. The highest BCUT2D eigenvalue weighted by Crippen LogP contribution is 2.36. The number of hydrogen-bond acceptors (Lipinski definition) is 4. The number of nitrogens with one attached hydrogen (secondary N) is 1. The first kappa shape index (κ1) is 19.4. The van der Waals surface area contributed by atoms with Crippen molar-refractivity contribution in [2.45, 2.75) is 38.6 Å². The van der Waals surface area contributed by atoms with E-state index in [0.717, 1.165) is 31.0 Å². The van der Waals surface area contributed by atoms with Crippen molar-refractivity contribution in [3.8, 4) is 0 Å². The van der Waals surface area contributed by atoms with Gasteiger partial charge in [0.25, 0.3) is 11.6 Å². The van der Waals surface area contributed by atoms with Gasteiger partial charge in [-0.25, -0.2) is 0 Å². The Morgan fingerprint density at radius 2 is 1.83 bits per heavy atom. The topological polar surface area (TPSA) is 75.5 Å². The second-order valence-electron chi connectivity index (χ2n) is 8.17. The Kier molecular flexibility index (Phi) is 5.79. The van der Waals surface area contributed by atoms with Gasteiger partial charge in [-0.2, -0.15) is 0 Å². The number of nitro benzene ring substituents is 1. The van der Waals surface area contributed by atoms with E-state index in [1.165, 1.54) is 31.7 Å². The van der Waals surface area contributed by atoms with Crippen molar-refractivity contribution >= 4 is 17.3 Å². The van der Waals surface area contributed by atoms with Crippen LogP contribution < -0.4 is 5.32 Å². The third-order valence-corrected chi connectivity index (χ3v) is 6.35. The number of rotatable bonds is 5. The predicted octanol–water partition coefficient (Wildman–Crippen LogP) is 4.86. The minimum absolute atomic E-state index is 0.0562. The molecular weight excluding hydrogens is 366 g/mol. The first-order valence-electron chi connectivity index (χ1n) is 10.5. The van der Waals surface area contributed by atoms with Crippen molar-refractivity contribution in [1.82, 2.24) is 4.90 Å². The summed E-state index contributed by atoms with van der Waals surface area (Å²) in [5, 5.41) is 14.7. The summed E-state index contributed by atoms with van der Waals surface area (Å²) < 4.78 is 0. The van der Waals surface area contributed by atoms with E-state index in [9.17, 15) is 14.9 Å². The number of carbonyl (C=O) groups excluding carboxylic acids is 1. The minimum atomic E-state index is -0.419. The van der Waals surface area contributed by atoms with Crippen LogP contribution in [0.15, 0.2) is 48.5 Å². The van der Waals surface area contributed by atoms with Crippen LogP contribution in [0.4, 0.5) is 11.4 Å². The highest BCUT2D eigenvalue weighted by molar-refractivity contribution is 5.95. The number of nitrogens with zero attached hydrogens (tertiary/aromatic N) is 2. The lowest BCUT2D eigenvalue weighted by molar-refractivity contribution is -0.384. The van der Waals surface area contributed by atoms with Gasteiger partial charge in [-0.05, 0) is 42.4 Å². The minimum Gasteiger partial charge on any atom is -0.375 e. The van der Waals surface area contributed by atoms with E-state index < -0.39 is 4.92 Å². The van der Waals surface area contributed by atoms with Crippen LogP contribution in [0.2, 0.25) is 0 Å². The molecular formula is C23H27N3O3. The van der Waals surface area contributed by atoms with Gasteiger partial charge in [0.2, 0.25) is 0 Å². The first-order valence-corrected chi connectivity index (χ1v) is 10.5. The number of benzene rings is 2. The van der Waals surface area contributed by atoms with Crippen LogP contribution in [-0.4, -0.2) is 28.8 Å². The van der Waals surface area contributed by atoms with E-state index in [0.29, 0.717) is 23.7 Å². The van der Waals surface area contributed by atoms with Gasteiger partial charge in [0, 0.05) is 31.3 Å². The Morgan fingerprint density at radius 1 is 1.07 bits per heavy atom. The zero-order valence-corrected chi connectivity index (χ0v) is 16.5. The molecule has 0 bridgehead atoms. The molecule has 1 N–H and O–H groups in total. The van der Waals surface area contributed by atoms with Gasteiger partial charge in [0.1, 0.15) is 5.69 Å². The highest BCUT2D eigenvalue weighted by Gasteiger charge is 2.33. The summed E-state index contributed by atoms with van der Waals surface area (Å²) in [4.78, 5) is 26.1. The van der Waals surface area contributed by atoms with Crippen LogP contribution in [0, 0.1) is 22.0 Å². The van der Waals surface area contributed by atoms with Crippen molar-refractivity contribution in [1.29, 1.82) is 0 Å². The molecule has 29 heavy (non-hydrogen) atoms. The van der Waals surface area contributed by atoms with Gasteiger partial charge in [-0.1, -0.05) is 49.6 Å². The van der Waals surface area contributed by atoms with Crippen molar-refractivity contribution in [2.24, 2.45) is 11.8 Å². The fourth-order valence-corrected chi connectivity index (χ4v) is 4.73. The molecule has 6 nitrogen and oxygen atoms in total. The van der Waals surface area contributed by atoms with Crippen molar-refractivity contribution in [3.63, 3.8) is 0 Å². The Hall–Kier alpha value is -2.89. The van der Waals surface area contributed by atoms with E-state index in [-0.39, 0.29) is 11.6 Å². The van der Waals surface area contributed by atoms with Gasteiger partial charge in [-0.3, -0.25) is 14.9 Å². The SMILES string of the molecule is O=C(c1ccc(NCc2ccccc2)c([N+](=O)[O-])c1)N1CC[C@@H]2CCCC[C@H]2C1. The summed E-state index contributed by atoms with van der Waals surface area (Å²) in [6.07, 6.45) is 6.07. The summed E-state index contributed by atoms with van der Waals surface area (Å²) in [5.41, 5.74) is 1.81. The molecule has 152 valence electrons. The van der Waals surface area contributed by atoms with Crippen LogP contribution in [0.5, 0.6) is 0 Å². The number of hydrogen-bond donors (Lipinski definition) is 1. The van der Waals surface area contributed by atoms with Gasteiger partial charge in [-0.15, -0.1) is 0 Å². The van der Waals surface area contributed by atoms with E-state index >= 15 is 0 Å². The number of piperidine rings is 1. The molecule has 1 aliphatic carbocycles. The average molecular weight is 393 g/mol. The number of nitro groups is 1. The summed E-state index contributed by atoms with van der Waals surface area (Å²) in [7, 11) is 0. The molecule has 2 aliphatic rings. The van der Waals surface area contributed by atoms with Crippen LogP contribution in [0.3, 0.4) is 0 Å². The molecule has 1 saturated heterocycles. The predicted molar refractivity (Wildman–Crippen MR) is 113 cm³/mol. The lowest BCUT2D eigenvalue weighted by atomic mass is 9.75. The third kappa shape index (κ3) is 4.42. The smallest absolute Gasteiger partial charge is 0.293 e. The maximum Gasteiger partial charge on any atom is 0.293 e. The van der Waals surface area contributed by atoms with Crippen molar-refractivity contribution < 1.29 is 9.72 Å². The Bertz CT molecular complexity index is 884. The second kappa shape index (κ2) is 8.64. The molecule has 2 aromatic carbocycles. The van der Waals surface area contributed by atoms with Gasteiger partial charge in [0.05, 0.1) is 4.92 Å². The third-order valence-electron chi connectivity index (χ3n) is 6.35. The lowest BCUT2D eigenvalue weighted by Gasteiger charge is -2.41. The summed E-state index contributed by atoms with van der Waals surface area (Å²) in [6, 6.07) is 14.5. The van der Waals surface area contributed by atoms with Crippen LogP contribution in [-0.2, 0) is 6.54 Å². The van der Waals surface area contributed by atoms with Crippen molar-refractivity contribution in [3.05, 3.63) is 69.8 Å². The molecule has 4 rings (SSSR count). The Balaban J connectivity index is 1.48. The molecule has 2 aromatic rings. The number of amides is 1. The Labute approximate surface area is 171 Å². The Morgan fingerprint density at radius 3 is 2.59 bits per heavy atom. The maximum absolute atomic E-state index is 13.0. The molecule has 0 unspecified atom stereocenters. The number of likely N-dealkylation sites (tertiary alicyclic amines) is 1. The molecule has 2 fully saturated rings. The number of carbonyl (C=O) groups is 1. The highest BCUT2D eigenvalue weighted by atomic mass is 16.6. The first-order chi connectivity index (χ1) is 14.1. The van der Waals surface area contributed by atoms with Crippen LogP contribution >= 0.6 is 0 Å². The maximum atomic E-state index is 13.0. The number of anilines is 1. The van der Waals surface area contributed by atoms with E-state index in [1.54, 1.807) is 12.1 Å². The monoisotopic (exact) mass is 393 g/mol. The fourth-order valence-electron chi connectivity index (χ4n) is 4.73. The summed E-state index contributed by atoms with van der Waals surface area (Å²) in [6.45, 7) is 2.03. The largest absolute Gasteiger partial charge is 0.375 e. The molecule has 1 saturated carbocycles. The van der Waals surface area contributed by atoms with Gasteiger partial charge >= 0.3 is 0 Å². The van der Waals surface area contributed by atoms with E-state index in [4.69, 9.17) is 0 Å².